The molecule has 1 aliphatic rings. The van der Waals surface area contributed by atoms with Crippen LogP contribution < -0.4 is 5.73 Å². The summed E-state index contributed by atoms with van der Waals surface area (Å²) >= 11 is 0. The number of aromatic hydroxyl groups is 1. The lowest BCUT2D eigenvalue weighted by Crippen LogP contribution is -2.34. The van der Waals surface area contributed by atoms with E-state index in [2.05, 4.69) is 0 Å². The van der Waals surface area contributed by atoms with Gasteiger partial charge in [-0.2, -0.15) is 0 Å². The average Bonchev–Trinajstić information content (AvgIpc) is 2.88. The van der Waals surface area contributed by atoms with Crippen molar-refractivity contribution < 1.29 is 9.90 Å². The highest BCUT2D eigenvalue weighted by Gasteiger charge is 2.33. The minimum atomic E-state index is -0.110. The molecule has 0 aromatic heterocycles. The summed E-state index contributed by atoms with van der Waals surface area (Å²) in [5.41, 5.74) is 6.09. The van der Waals surface area contributed by atoms with E-state index in [9.17, 15) is 9.90 Å². The fourth-order valence-corrected chi connectivity index (χ4v) is 3.18. The third-order valence-electron chi connectivity index (χ3n) is 4.39. The largest absolute Gasteiger partial charge is 0.506 e. The maximum Gasteiger partial charge on any atom is 0.257 e. The van der Waals surface area contributed by atoms with Crippen molar-refractivity contribution >= 4 is 16.7 Å². The van der Waals surface area contributed by atoms with Crippen molar-refractivity contribution in [3.05, 3.63) is 42.0 Å². The number of carbonyl (C=O) groups excluding carboxylic acids is 1. The van der Waals surface area contributed by atoms with Gasteiger partial charge in [-0.05, 0) is 37.3 Å². The Balaban J connectivity index is 1.97. The summed E-state index contributed by atoms with van der Waals surface area (Å²) in [5.74, 6) is 0.315. The molecule has 0 spiro atoms. The van der Waals surface area contributed by atoms with Crippen LogP contribution in [-0.4, -0.2) is 35.0 Å². The molecule has 1 amide bonds. The van der Waals surface area contributed by atoms with Crippen molar-refractivity contribution in [1.82, 2.24) is 4.90 Å². The van der Waals surface area contributed by atoms with Crippen LogP contribution in [0.5, 0.6) is 5.75 Å². The smallest absolute Gasteiger partial charge is 0.257 e. The topological polar surface area (TPSA) is 66.6 Å². The van der Waals surface area contributed by atoms with Crippen LogP contribution in [-0.2, 0) is 0 Å². The molecule has 4 nitrogen and oxygen atoms in total. The Morgan fingerprint density at radius 2 is 2.10 bits per heavy atom. The van der Waals surface area contributed by atoms with Gasteiger partial charge in [0.05, 0.1) is 5.56 Å². The van der Waals surface area contributed by atoms with Gasteiger partial charge >= 0.3 is 0 Å². The molecule has 1 heterocycles. The molecule has 3 rings (SSSR count). The minimum absolute atomic E-state index is 0.0708. The summed E-state index contributed by atoms with van der Waals surface area (Å²) in [6.45, 7) is 3.30. The number of fused-ring (bicyclic) bond motifs is 1. The summed E-state index contributed by atoms with van der Waals surface area (Å²) < 4.78 is 0. The number of carbonyl (C=O) groups is 1. The van der Waals surface area contributed by atoms with E-state index in [0.29, 0.717) is 30.0 Å². The van der Waals surface area contributed by atoms with Crippen molar-refractivity contribution in [2.24, 2.45) is 11.7 Å². The van der Waals surface area contributed by atoms with Gasteiger partial charge in [0, 0.05) is 18.0 Å². The Kier molecular flexibility index (Phi) is 3.55. The summed E-state index contributed by atoms with van der Waals surface area (Å²) in [6.07, 6.45) is 0.927. The van der Waals surface area contributed by atoms with E-state index < -0.39 is 0 Å². The Hall–Kier alpha value is -2.07. The quantitative estimate of drug-likeness (QED) is 0.889. The molecule has 0 saturated carbocycles. The van der Waals surface area contributed by atoms with Gasteiger partial charge in [-0.25, -0.2) is 0 Å². The van der Waals surface area contributed by atoms with E-state index in [0.717, 1.165) is 11.8 Å². The number of nitrogens with zero attached hydrogens (tertiary/aromatic N) is 1. The second-order valence-corrected chi connectivity index (χ2v) is 5.83. The summed E-state index contributed by atoms with van der Waals surface area (Å²) in [7, 11) is 0. The molecule has 2 aromatic carbocycles. The molecule has 21 heavy (non-hydrogen) atoms. The van der Waals surface area contributed by atoms with Crippen LogP contribution in [0.1, 0.15) is 23.7 Å². The van der Waals surface area contributed by atoms with E-state index >= 15 is 0 Å². The zero-order chi connectivity index (χ0) is 15.0. The van der Waals surface area contributed by atoms with Crippen molar-refractivity contribution in [3.8, 4) is 5.75 Å². The number of benzene rings is 2. The third-order valence-corrected chi connectivity index (χ3v) is 4.39. The first-order chi connectivity index (χ1) is 10.1. The van der Waals surface area contributed by atoms with Gasteiger partial charge in [0.2, 0.25) is 0 Å². The first-order valence-corrected chi connectivity index (χ1v) is 7.33. The van der Waals surface area contributed by atoms with Crippen LogP contribution in [0.4, 0.5) is 0 Å². The number of nitrogens with two attached hydrogens (primary N) is 1. The van der Waals surface area contributed by atoms with E-state index in [-0.39, 0.29) is 17.7 Å². The molecule has 0 radical (unpaired) electrons. The monoisotopic (exact) mass is 284 g/mol. The van der Waals surface area contributed by atoms with Gasteiger partial charge in [0.15, 0.2) is 0 Å². The lowest BCUT2D eigenvalue weighted by molar-refractivity contribution is 0.0740. The molecule has 2 aromatic rings. The van der Waals surface area contributed by atoms with Crippen molar-refractivity contribution in [2.45, 2.75) is 19.4 Å². The van der Waals surface area contributed by atoms with Crippen LogP contribution in [0, 0.1) is 5.92 Å². The summed E-state index contributed by atoms with van der Waals surface area (Å²) in [6, 6.07) is 11.3. The predicted molar refractivity (Wildman–Crippen MR) is 83.3 cm³/mol. The molecule has 2 unspecified atom stereocenters. The number of phenols is 1. The second kappa shape index (κ2) is 5.37. The number of amides is 1. The van der Waals surface area contributed by atoms with Crippen LogP contribution in [0.2, 0.25) is 0 Å². The van der Waals surface area contributed by atoms with Gasteiger partial charge in [-0.1, -0.05) is 30.3 Å². The zero-order valence-electron chi connectivity index (χ0n) is 12.1. The van der Waals surface area contributed by atoms with Gasteiger partial charge in [-0.15, -0.1) is 0 Å². The van der Waals surface area contributed by atoms with Crippen molar-refractivity contribution in [2.75, 3.05) is 13.1 Å². The second-order valence-electron chi connectivity index (χ2n) is 5.83. The third kappa shape index (κ3) is 2.36. The average molecular weight is 284 g/mol. The molecular weight excluding hydrogens is 264 g/mol. The molecule has 1 saturated heterocycles. The van der Waals surface area contributed by atoms with Crippen LogP contribution >= 0.6 is 0 Å². The summed E-state index contributed by atoms with van der Waals surface area (Å²) in [5, 5.41) is 12.1. The molecule has 110 valence electrons. The predicted octanol–water partition coefficient (Wildman–Crippen LogP) is 2.35. The number of phenolic OH excluding ortho intramolecular Hbond substituents is 1. The van der Waals surface area contributed by atoms with E-state index in [1.54, 1.807) is 6.07 Å². The molecular formula is C17H20N2O2. The van der Waals surface area contributed by atoms with Crippen molar-refractivity contribution in [1.29, 1.82) is 0 Å². The Morgan fingerprint density at radius 3 is 2.81 bits per heavy atom. The number of rotatable bonds is 2. The normalized spacial score (nSPS) is 21.9. The first kappa shape index (κ1) is 13.9. The van der Waals surface area contributed by atoms with E-state index in [1.807, 2.05) is 42.2 Å². The van der Waals surface area contributed by atoms with E-state index in [1.165, 1.54) is 0 Å². The van der Waals surface area contributed by atoms with Crippen molar-refractivity contribution in [3.63, 3.8) is 0 Å². The highest BCUT2D eigenvalue weighted by molar-refractivity contribution is 6.03. The molecule has 2 atom stereocenters. The molecule has 4 heteroatoms. The number of hydrogen-bond donors (Lipinski definition) is 2. The van der Waals surface area contributed by atoms with Crippen LogP contribution in [0.15, 0.2) is 36.4 Å². The van der Waals surface area contributed by atoms with Gasteiger partial charge in [-0.3, -0.25) is 4.79 Å². The van der Waals surface area contributed by atoms with Gasteiger partial charge < -0.3 is 15.7 Å². The number of hydrogen-bond acceptors (Lipinski definition) is 3. The highest BCUT2D eigenvalue weighted by Crippen LogP contribution is 2.32. The lowest BCUT2D eigenvalue weighted by atomic mass is 10.0. The molecule has 0 aliphatic carbocycles. The zero-order valence-corrected chi connectivity index (χ0v) is 12.1. The fraction of sp³-hybridized carbons (Fsp3) is 0.353. The van der Waals surface area contributed by atoms with Gasteiger partial charge in [0.1, 0.15) is 5.75 Å². The fourth-order valence-electron chi connectivity index (χ4n) is 3.18. The molecule has 1 aliphatic heterocycles. The lowest BCUT2D eigenvalue weighted by Gasteiger charge is -2.22. The van der Waals surface area contributed by atoms with Crippen LogP contribution in [0.25, 0.3) is 10.8 Å². The molecule has 0 bridgehead atoms. The standard InChI is InChI=1S/C17H20N2O2/c1-11-8-12(9-18)10-19(11)17(21)15-7-6-13-4-2-3-5-14(13)16(15)20/h2-7,11-12,20H,8-10,18H2,1H3. The maximum atomic E-state index is 12.7. The van der Waals surface area contributed by atoms with Gasteiger partial charge in [0.25, 0.3) is 5.91 Å². The maximum absolute atomic E-state index is 12.7. The summed E-state index contributed by atoms with van der Waals surface area (Å²) in [4.78, 5) is 14.5. The Bertz CT molecular complexity index is 684. The first-order valence-electron chi connectivity index (χ1n) is 7.33. The Morgan fingerprint density at radius 1 is 1.33 bits per heavy atom. The molecule has 3 N–H and O–H groups in total. The van der Waals surface area contributed by atoms with E-state index in [4.69, 9.17) is 5.73 Å². The Labute approximate surface area is 124 Å². The highest BCUT2D eigenvalue weighted by atomic mass is 16.3. The minimum Gasteiger partial charge on any atom is -0.506 e. The van der Waals surface area contributed by atoms with Crippen LogP contribution in [0.3, 0.4) is 0 Å². The molecule has 1 fully saturated rings. The SMILES string of the molecule is CC1CC(CN)CN1C(=O)c1ccc2ccccc2c1O. The number of likely N-dealkylation sites (tertiary alicyclic amines) is 1.